The summed E-state index contributed by atoms with van der Waals surface area (Å²) in [6.45, 7) is 9.27. The summed E-state index contributed by atoms with van der Waals surface area (Å²) >= 11 is 1.58. The molecule has 1 aliphatic carbocycles. The quantitative estimate of drug-likeness (QED) is 0.499. The smallest absolute Gasteiger partial charge is 0.337 e. The number of hydrogen-bond donors (Lipinski definition) is 1. The van der Waals surface area contributed by atoms with Crippen molar-refractivity contribution in [1.82, 2.24) is 4.98 Å². The Morgan fingerprint density at radius 3 is 2.52 bits per heavy atom. The first kappa shape index (κ1) is 23.6. The van der Waals surface area contributed by atoms with Gasteiger partial charge in [0.1, 0.15) is 0 Å². The van der Waals surface area contributed by atoms with E-state index in [4.69, 9.17) is 4.74 Å². The molecule has 6 heteroatoms. The Kier molecular flexibility index (Phi) is 7.01. The van der Waals surface area contributed by atoms with E-state index in [2.05, 4.69) is 11.1 Å². The molecule has 0 saturated heterocycles. The van der Waals surface area contributed by atoms with Gasteiger partial charge in [-0.15, -0.1) is 11.3 Å². The largest absolute Gasteiger partial charge is 0.479 e. The Hall–Kier alpha value is -2.05. The van der Waals surface area contributed by atoms with E-state index >= 15 is 0 Å². The monoisotopic (exact) mass is 445 g/mol. The van der Waals surface area contributed by atoms with Crippen molar-refractivity contribution in [2.24, 2.45) is 5.41 Å². The van der Waals surface area contributed by atoms with Gasteiger partial charge in [-0.1, -0.05) is 13.0 Å². The molecule has 0 saturated carbocycles. The molecule has 1 N–H and O–H groups in total. The van der Waals surface area contributed by atoms with Crippen LogP contribution in [0.3, 0.4) is 0 Å². The van der Waals surface area contributed by atoms with Gasteiger partial charge in [-0.3, -0.25) is 9.37 Å². The second-order valence-corrected chi connectivity index (χ2v) is 10.6. The van der Waals surface area contributed by atoms with Crippen molar-refractivity contribution in [2.75, 3.05) is 6.67 Å². The minimum Gasteiger partial charge on any atom is -0.479 e. The number of pyridine rings is 1. The van der Waals surface area contributed by atoms with Crippen LogP contribution in [0.15, 0.2) is 30.6 Å². The maximum Gasteiger partial charge on any atom is 0.337 e. The predicted molar refractivity (Wildman–Crippen MR) is 124 cm³/mol. The lowest BCUT2D eigenvalue weighted by Gasteiger charge is -2.34. The molecule has 2 unspecified atom stereocenters. The Morgan fingerprint density at radius 2 is 2.03 bits per heavy atom. The summed E-state index contributed by atoms with van der Waals surface area (Å²) < 4.78 is 19.8. The second kappa shape index (κ2) is 9.21. The van der Waals surface area contributed by atoms with Crippen molar-refractivity contribution in [1.29, 1.82) is 0 Å². The summed E-state index contributed by atoms with van der Waals surface area (Å²) in [5, 5.41) is 10.1. The number of aliphatic carboxylic acids is 1. The number of carboxylic acids is 1. The highest BCUT2D eigenvalue weighted by Gasteiger charge is 2.36. The first-order valence-corrected chi connectivity index (χ1v) is 11.6. The number of rotatable bonds is 7. The summed E-state index contributed by atoms with van der Waals surface area (Å²) in [5.41, 5.74) is 2.83. The van der Waals surface area contributed by atoms with Crippen molar-refractivity contribution in [3.8, 4) is 10.4 Å². The van der Waals surface area contributed by atoms with Crippen LogP contribution in [0.1, 0.15) is 75.5 Å². The summed E-state index contributed by atoms with van der Waals surface area (Å²) in [4.78, 5) is 18.4. The van der Waals surface area contributed by atoms with Crippen LogP contribution in [-0.2, 0) is 9.53 Å². The highest BCUT2D eigenvalue weighted by atomic mass is 32.1. The van der Waals surface area contributed by atoms with E-state index in [1.54, 1.807) is 23.7 Å². The van der Waals surface area contributed by atoms with Crippen LogP contribution in [0.4, 0.5) is 4.39 Å². The molecule has 2 atom stereocenters. The molecule has 0 aliphatic heterocycles. The lowest BCUT2D eigenvalue weighted by atomic mass is 9.72. The van der Waals surface area contributed by atoms with Gasteiger partial charge >= 0.3 is 5.97 Å². The van der Waals surface area contributed by atoms with Crippen LogP contribution in [0, 0.1) is 12.3 Å². The molecule has 0 fully saturated rings. The zero-order chi connectivity index (χ0) is 22.8. The number of carbonyl (C=O) groups is 1. The predicted octanol–water partition coefficient (Wildman–Crippen LogP) is 6.99. The number of carboxylic acid groups (broad SMARTS) is 1. The van der Waals surface area contributed by atoms with E-state index in [1.165, 1.54) is 0 Å². The third-order valence-electron chi connectivity index (χ3n) is 6.09. The van der Waals surface area contributed by atoms with Gasteiger partial charge in [0, 0.05) is 38.7 Å². The summed E-state index contributed by atoms with van der Waals surface area (Å²) in [7, 11) is 0. The summed E-state index contributed by atoms with van der Waals surface area (Å²) in [6.07, 6.45) is 7.49. The molecular formula is C25H32FNO3S. The van der Waals surface area contributed by atoms with Crippen LogP contribution in [0.25, 0.3) is 16.0 Å². The Morgan fingerprint density at radius 1 is 1.35 bits per heavy atom. The van der Waals surface area contributed by atoms with Gasteiger partial charge in [-0.05, 0) is 76.6 Å². The topological polar surface area (TPSA) is 59.4 Å². The molecule has 0 amide bonds. The molecule has 0 spiro atoms. The SMILES string of the molecule is CCC1(CF)CC=C(c2c(-c3ccncc3)sc(C)c2C(OC(C)(C)C)C(=O)O)CC1. The van der Waals surface area contributed by atoms with E-state index in [0.29, 0.717) is 6.42 Å². The van der Waals surface area contributed by atoms with Gasteiger partial charge in [0.05, 0.1) is 12.3 Å². The Balaban J connectivity index is 2.20. The van der Waals surface area contributed by atoms with Gasteiger partial charge in [-0.25, -0.2) is 4.79 Å². The molecule has 2 aromatic rings. The first-order chi connectivity index (χ1) is 14.6. The lowest BCUT2D eigenvalue weighted by Crippen LogP contribution is -2.28. The van der Waals surface area contributed by atoms with Crippen LogP contribution < -0.4 is 0 Å². The van der Waals surface area contributed by atoms with E-state index in [0.717, 1.165) is 51.3 Å². The van der Waals surface area contributed by atoms with E-state index in [9.17, 15) is 14.3 Å². The van der Waals surface area contributed by atoms with Crippen LogP contribution in [0.2, 0.25) is 0 Å². The molecule has 2 aromatic heterocycles. The van der Waals surface area contributed by atoms with Gasteiger partial charge in [-0.2, -0.15) is 0 Å². The van der Waals surface area contributed by atoms with Gasteiger partial charge < -0.3 is 9.84 Å². The highest BCUT2D eigenvalue weighted by Crippen LogP contribution is 2.49. The standard InChI is InChI=1S/C25H32FNO3S/c1-6-25(15-26)11-7-17(8-12-25)20-19(21(23(28)29)30-24(3,4)5)16(2)31-22(20)18-9-13-27-14-10-18/h7,9-10,13-14,21H,6,8,11-12,15H2,1-5H3,(H,28,29). The summed E-state index contributed by atoms with van der Waals surface area (Å²) in [6, 6.07) is 3.89. The fraction of sp³-hybridized carbons (Fsp3) is 0.520. The zero-order valence-electron chi connectivity index (χ0n) is 19.0. The lowest BCUT2D eigenvalue weighted by molar-refractivity contribution is -0.160. The molecule has 0 aromatic carbocycles. The number of nitrogens with zero attached hydrogens (tertiary/aromatic N) is 1. The number of aromatic nitrogens is 1. The van der Waals surface area contributed by atoms with E-state index in [1.807, 2.05) is 46.8 Å². The molecule has 4 nitrogen and oxygen atoms in total. The van der Waals surface area contributed by atoms with Crippen molar-refractivity contribution in [3.63, 3.8) is 0 Å². The number of halogens is 1. The molecule has 0 radical (unpaired) electrons. The van der Waals surface area contributed by atoms with Crippen LogP contribution >= 0.6 is 11.3 Å². The maximum atomic E-state index is 13.8. The molecule has 31 heavy (non-hydrogen) atoms. The maximum absolute atomic E-state index is 13.8. The minimum atomic E-state index is -1.07. The zero-order valence-corrected chi connectivity index (χ0v) is 19.8. The fourth-order valence-corrected chi connectivity index (χ4v) is 5.41. The molecule has 0 bridgehead atoms. The third-order valence-corrected chi connectivity index (χ3v) is 7.26. The fourth-order valence-electron chi connectivity index (χ4n) is 4.19. The number of aryl methyl sites for hydroxylation is 1. The molecule has 2 heterocycles. The van der Waals surface area contributed by atoms with Gasteiger partial charge in [0.25, 0.3) is 0 Å². The number of hydrogen-bond acceptors (Lipinski definition) is 4. The normalized spacial score (nSPS) is 20.4. The highest BCUT2D eigenvalue weighted by molar-refractivity contribution is 7.16. The number of thiophene rings is 1. The Bertz CT molecular complexity index is 955. The van der Waals surface area contributed by atoms with Crippen molar-refractivity contribution in [3.05, 3.63) is 46.6 Å². The number of ether oxygens (including phenoxy) is 1. The van der Waals surface area contributed by atoms with Crippen molar-refractivity contribution < 1.29 is 19.0 Å². The number of alkyl halides is 1. The van der Waals surface area contributed by atoms with Crippen LogP contribution in [0.5, 0.6) is 0 Å². The molecular weight excluding hydrogens is 413 g/mol. The minimum absolute atomic E-state index is 0.306. The average molecular weight is 446 g/mol. The van der Waals surface area contributed by atoms with Gasteiger partial charge in [0.15, 0.2) is 6.10 Å². The third kappa shape index (κ3) is 5.07. The van der Waals surface area contributed by atoms with Crippen LogP contribution in [-0.4, -0.2) is 28.3 Å². The molecule has 168 valence electrons. The van der Waals surface area contributed by atoms with E-state index < -0.39 is 17.7 Å². The average Bonchev–Trinajstić information content (AvgIpc) is 3.08. The summed E-state index contributed by atoms with van der Waals surface area (Å²) in [5.74, 6) is -0.999. The van der Waals surface area contributed by atoms with Crippen molar-refractivity contribution in [2.45, 2.75) is 72.0 Å². The second-order valence-electron chi connectivity index (χ2n) is 9.38. The van der Waals surface area contributed by atoms with E-state index in [-0.39, 0.29) is 12.1 Å². The van der Waals surface area contributed by atoms with Gasteiger partial charge in [0.2, 0.25) is 0 Å². The first-order valence-electron chi connectivity index (χ1n) is 10.8. The Labute approximate surface area is 188 Å². The van der Waals surface area contributed by atoms with Crippen molar-refractivity contribution >= 4 is 22.9 Å². The molecule has 3 rings (SSSR count). The number of allylic oxidation sites excluding steroid dienone is 2. The molecule has 1 aliphatic rings.